The maximum Gasteiger partial charge on any atom is 0.138 e. The summed E-state index contributed by atoms with van der Waals surface area (Å²) in [7, 11) is 1.57. The molecule has 0 unspecified atom stereocenters. The first kappa shape index (κ1) is 12.7. The summed E-state index contributed by atoms with van der Waals surface area (Å²) in [6.45, 7) is 1.91. The zero-order valence-corrected chi connectivity index (χ0v) is 11.4. The number of nitriles is 2. The fourth-order valence-corrected chi connectivity index (χ4v) is 3.15. The van der Waals surface area contributed by atoms with Gasteiger partial charge in [0.15, 0.2) is 0 Å². The number of hydrogen-bond acceptors (Lipinski definition) is 5. The van der Waals surface area contributed by atoms with E-state index < -0.39 is 0 Å². The molecule has 90 valence electrons. The molecule has 6 heteroatoms. The van der Waals surface area contributed by atoms with Gasteiger partial charge in [0.1, 0.15) is 16.6 Å². The summed E-state index contributed by atoms with van der Waals surface area (Å²) >= 11 is 2.14. The van der Waals surface area contributed by atoms with Crippen molar-refractivity contribution in [1.29, 1.82) is 10.5 Å². The van der Waals surface area contributed by atoms with Gasteiger partial charge in [-0.25, -0.2) is 0 Å². The van der Waals surface area contributed by atoms with Gasteiger partial charge in [0.2, 0.25) is 0 Å². The number of ether oxygens (including phenoxy) is 1. The van der Waals surface area contributed by atoms with Gasteiger partial charge in [0.05, 0.1) is 16.9 Å². The summed E-state index contributed by atoms with van der Waals surface area (Å²) in [5, 5.41) is 22.8. The normalized spacial score (nSPS) is 10.0. The lowest BCUT2D eigenvalue weighted by Gasteiger charge is -2.06. The lowest BCUT2D eigenvalue weighted by atomic mass is 10.2. The Morgan fingerprint density at radius 3 is 2.44 bits per heavy atom. The molecule has 18 heavy (non-hydrogen) atoms. The first-order chi connectivity index (χ1) is 8.72. The van der Waals surface area contributed by atoms with Gasteiger partial charge in [0, 0.05) is 16.6 Å². The Labute approximate surface area is 113 Å². The second-order valence-corrected chi connectivity index (χ2v) is 5.08. The van der Waals surface area contributed by atoms with Crippen molar-refractivity contribution in [2.24, 2.45) is 0 Å². The number of aromatic nitrogens is 1. The van der Waals surface area contributed by atoms with Crippen LogP contribution in [0.2, 0.25) is 0 Å². The minimum absolute atomic E-state index is 0.646. The molecule has 0 aliphatic rings. The highest BCUT2D eigenvalue weighted by Crippen LogP contribution is 2.42. The van der Waals surface area contributed by atoms with Crippen LogP contribution >= 0.6 is 23.5 Å². The average molecular weight is 275 g/mol. The second-order valence-electron chi connectivity index (χ2n) is 3.49. The number of benzene rings is 1. The summed E-state index contributed by atoms with van der Waals surface area (Å²) in [6.07, 6.45) is 0. The molecular formula is C12H9N3OS2. The minimum Gasteiger partial charge on any atom is -0.496 e. The Kier molecular flexibility index (Phi) is 3.71. The zero-order valence-electron chi connectivity index (χ0n) is 9.77. The molecule has 0 spiro atoms. The highest BCUT2D eigenvalue weighted by Gasteiger charge is 2.17. The first-order valence-corrected chi connectivity index (χ1v) is 6.67. The largest absolute Gasteiger partial charge is 0.496 e. The van der Waals surface area contributed by atoms with E-state index in [2.05, 4.69) is 15.8 Å². The van der Waals surface area contributed by atoms with Gasteiger partial charge in [-0.3, -0.25) is 0 Å². The van der Waals surface area contributed by atoms with Gasteiger partial charge in [-0.15, -0.1) is 0 Å². The molecule has 0 fully saturated rings. The number of thiocyanates is 2. The van der Waals surface area contributed by atoms with E-state index in [9.17, 15) is 0 Å². The highest BCUT2D eigenvalue weighted by atomic mass is 32.2. The maximum atomic E-state index is 8.90. The number of nitrogens with zero attached hydrogens (tertiary/aromatic N) is 2. The fraction of sp³-hybridized carbons (Fsp3) is 0.167. The molecule has 2 aromatic rings. The monoisotopic (exact) mass is 275 g/mol. The molecule has 1 heterocycles. The van der Waals surface area contributed by atoms with Crippen molar-refractivity contribution >= 4 is 34.4 Å². The van der Waals surface area contributed by atoms with Gasteiger partial charge in [0.25, 0.3) is 0 Å². The van der Waals surface area contributed by atoms with Crippen LogP contribution < -0.4 is 4.74 Å². The molecule has 4 nitrogen and oxygen atoms in total. The number of hydrogen-bond donors (Lipinski definition) is 1. The Hall–Kier alpha value is -1.76. The van der Waals surface area contributed by atoms with E-state index in [4.69, 9.17) is 15.3 Å². The van der Waals surface area contributed by atoms with E-state index in [1.807, 2.05) is 19.1 Å². The molecular weight excluding hydrogens is 266 g/mol. The number of fused-ring (bicyclic) bond motifs is 1. The molecule has 0 radical (unpaired) electrons. The zero-order chi connectivity index (χ0) is 13.1. The molecule has 0 saturated carbocycles. The summed E-state index contributed by atoms with van der Waals surface area (Å²) in [6, 6.07) is 3.71. The molecule has 0 aliphatic heterocycles. The predicted octanol–water partition coefficient (Wildman–Crippen LogP) is 3.63. The molecule has 1 N–H and O–H groups in total. The van der Waals surface area contributed by atoms with E-state index >= 15 is 0 Å². The molecule has 0 aliphatic carbocycles. The Balaban J connectivity index is 2.81. The fourth-order valence-electron chi connectivity index (χ4n) is 1.82. The van der Waals surface area contributed by atoms with E-state index in [0.717, 1.165) is 49.9 Å². The minimum atomic E-state index is 0.646. The van der Waals surface area contributed by atoms with Crippen molar-refractivity contribution in [2.75, 3.05) is 7.11 Å². The summed E-state index contributed by atoms with van der Waals surface area (Å²) in [4.78, 5) is 4.81. The second kappa shape index (κ2) is 5.26. The number of rotatable bonds is 3. The third kappa shape index (κ3) is 2.01. The summed E-state index contributed by atoms with van der Waals surface area (Å²) < 4.78 is 5.27. The summed E-state index contributed by atoms with van der Waals surface area (Å²) in [5.41, 5.74) is 1.83. The van der Waals surface area contributed by atoms with Gasteiger partial charge in [-0.1, -0.05) is 0 Å². The van der Waals surface area contributed by atoms with Crippen molar-refractivity contribution in [3.05, 3.63) is 17.8 Å². The third-order valence-corrected chi connectivity index (χ3v) is 4.03. The van der Waals surface area contributed by atoms with E-state index in [1.165, 1.54) is 0 Å². The van der Waals surface area contributed by atoms with Crippen LogP contribution in [0, 0.1) is 28.3 Å². The smallest absolute Gasteiger partial charge is 0.138 e. The molecule has 1 aromatic heterocycles. The van der Waals surface area contributed by atoms with Crippen LogP contribution in [0.15, 0.2) is 21.9 Å². The van der Waals surface area contributed by atoms with Crippen molar-refractivity contribution < 1.29 is 4.74 Å². The van der Waals surface area contributed by atoms with Gasteiger partial charge >= 0.3 is 0 Å². The van der Waals surface area contributed by atoms with E-state index in [1.54, 1.807) is 7.11 Å². The quantitative estimate of drug-likeness (QED) is 0.684. The Morgan fingerprint density at radius 2 is 1.83 bits per heavy atom. The van der Waals surface area contributed by atoms with Gasteiger partial charge in [-0.2, -0.15) is 10.5 Å². The molecule has 0 bridgehead atoms. The maximum absolute atomic E-state index is 8.90. The van der Waals surface area contributed by atoms with Gasteiger partial charge in [-0.05, 0) is 42.6 Å². The molecule has 1 aromatic carbocycles. The van der Waals surface area contributed by atoms with Crippen molar-refractivity contribution in [3.8, 4) is 16.6 Å². The van der Waals surface area contributed by atoms with Crippen LogP contribution in [0.5, 0.6) is 5.75 Å². The topological polar surface area (TPSA) is 72.6 Å². The predicted molar refractivity (Wildman–Crippen MR) is 72.5 cm³/mol. The number of aromatic amines is 1. The van der Waals surface area contributed by atoms with Crippen LogP contribution in [-0.4, -0.2) is 12.1 Å². The summed E-state index contributed by atoms with van der Waals surface area (Å²) in [5.74, 6) is 0.646. The van der Waals surface area contributed by atoms with Crippen LogP contribution in [-0.2, 0) is 0 Å². The van der Waals surface area contributed by atoms with Crippen LogP contribution in [0.1, 0.15) is 5.69 Å². The number of H-pyrrole nitrogens is 1. The third-order valence-electron chi connectivity index (χ3n) is 2.53. The van der Waals surface area contributed by atoms with Crippen LogP contribution in [0.25, 0.3) is 10.9 Å². The molecule has 2 rings (SSSR count). The Morgan fingerprint density at radius 1 is 1.17 bits per heavy atom. The number of thioether (sulfide) groups is 2. The average Bonchev–Trinajstić information content (AvgIpc) is 2.68. The Bertz CT molecular complexity index is 679. The van der Waals surface area contributed by atoms with Crippen molar-refractivity contribution in [2.45, 2.75) is 16.7 Å². The van der Waals surface area contributed by atoms with Crippen LogP contribution in [0.4, 0.5) is 0 Å². The number of methoxy groups -OCH3 is 1. The van der Waals surface area contributed by atoms with Crippen LogP contribution in [0.3, 0.4) is 0 Å². The molecule has 0 amide bonds. The van der Waals surface area contributed by atoms with Crippen molar-refractivity contribution in [3.63, 3.8) is 0 Å². The standard InChI is InChI=1S/C12H9N3OS2/c1-7-11(17-5-13)10-8(15-7)3-4-9(16-2)12(10)18-6-14/h3-4,15H,1-2H3. The van der Waals surface area contributed by atoms with E-state index in [-0.39, 0.29) is 0 Å². The highest BCUT2D eigenvalue weighted by molar-refractivity contribution is 8.04. The molecule has 0 atom stereocenters. The lowest BCUT2D eigenvalue weighted by molar-refractivity contribution is 0.406. The number of nitrogens with one attached hydrogen (secondary N) is 1. The molecule has 0 saturated heterocycles. The number of aryl methyl sites for hydroxylation is 1. The lowest BCUT2D eigenvalue weighted by Crippen LogP contribution is -1.86. The SMILES string of the molecule is COc1ccc2[nH]c(C)c(SC#N)c2c1SC#N. The first-order valence-electron chi connectivity index (χ1n) is 5.04. The van der Waals surface area contributed by atoms with Crippen molar-refractivity contribution in [1.82, 2.24) is 4.98 Å². The van der Waals surface area contributed by atoms with Gasteiger partial charge < -0.3 is 9.72 Å². The van der Waals surface area contributed by atoms with E-state index in [0.29, 0.717) is 5.75 Å².